The number of ether oxygens (including phenoxy) is 2. The lowest BCUT2D eigenvalue weighted by molar-refractivity contribution is 0.0600. The van der Waals surface area contributed by atoms with E-state index in [2.05, 4.69) is 12.2 Å². The maximum absolute atomic E-state index is 13.0. The van der Waals surface area contributed by atoms with Crippen LogP contribution in [0.2, 0.25) is 0 Å². The number of hydrogen-bond acceptors (Lipinski definition) is 7. The molecule has 0 saturated carbocycles. The van der Waals surface area contributed by atoms with Crippen molar-refractivity contribution in [1.82, 2.24) is 4.31 Å². The largest absolute Gasteiger partial charge is 0.465 e. The van der Waals surface area contributed by atoms with Gasteiger partial charge in [0.2, 0.25) is 10.0 Å². The Morgan fingerprint density at radius 2 is 2.00 bits per heavy atom. The van der Waals surface area contributed by atoms with Crippen molar-refractivity contribution in [2.45, 2.75) is 31.1 Å². The summed E-state index contributed by atoms with van der Waals surface area (Å²) in [6.07, 6.45) is 2.59. The van der Waals surface area contributed by atoms with Gasteiger partial charge in [0, 0.05) is 23.5 Å². The molecule has 10 heteroatoms. The molecule has 8 nitrogen and oxygen atoms in total. The summed E-state index contributed by atoms with van der Waals surface area (Å²) >= 11 is 1.39. The SMILES string of the molecule is COC(=O)c1c(NC(=O)c2cccc(S(=O)(=O)N3CCOCC3)c2)sc2c1CCC(C)C2. The number of morpholine rings is 1. The second-order valence-corrected chi connectivity index (χ2v) is 11.1. The van der Waals surface area contributed by atoms with Crippen LogP contribution in [0.5, 0.6) is 0 Å². The molecule has 1 saturated heterocycles. The van der Waals surface area contributed by atoms with Crippen LogP contribution < -0.4 is 5.32 Å². The Kier molecular flexibility index (Phi) is 6.66. The number of hydrogen-bond donors (Lipinski definition) is 1. The molecule has 1 aliphatic carbocycles. The van der Waals surface area contributed by atoms with Crippen LogP contribution in [0.4, 0.5) is 5.00 Å². The fourth-order valence-electron chi connectivity index (χ4n) is 4.07. The highest BCUT2D eigenvalue weighted by Crippen LogP contribution is 2.40. The van der Waals surface area contributed by atoms with Gasteiger partial charge in [0.05, 0.1) is 30.8 Å². The van der Waals surface area contributed by atoms with Gasteiger partial charge in [-0.2, -0.15) is 4.31 Å². The Labute approximate surface area is 191 Å². The number of rotatable bonds is 5. The minimum atomic E-state index is -3.72. The van der Waals surface area contributed by atoms with E-state index in [-0.39, 0.29) is 23.5 Å². The third-order valence-corrected chi connectivity index (χ3v) is 8.90. The van der Waals surface area contributed by atoms with Gasteiger partial charge in [-0.3, -0.25) is 4.79 Å². The van der Waals surface area contributed by atoms with Crippen molar-refractivity contribution in [3.63, 3.8) is 0 Å². The van der Waals surface area contributed by atoms with E-state index < -0.39 is 21.9 Å². The normalized spacial score (nSPS) is 19.2. The van der Waals surface area contributed by atoms with Gasteiger partial charge in [-0.1, -0.05) is 13.0 Å². The number of fused-ring (bicyclic) bond motifs is 1. The molecule has 1 aliphatic heterocycles. The van der Waals surface area contributed by atoms with Gasteiger partial charge >= 0.3 is 5.97 Å². The Hall–Kier alpha value is -2.27. The van der Waals surface area contributed by atoms with E-state index in [9.17, 15) is 18.0 Å². The summed E-state index contributed by atoms with van der Waals surface area (Å²) < 4.78 is 37.5. The first-order valence-electron chi connectivity index (χ1n) is 10.5. The molecule has 32 heavy (non-hydrogen) atoms. The van der Waals surface area contributed by atoms with Crippen molar-refractivity contribution in [3.8, 4) is 0 Å². The number of benzene rings is 1. The Morgan fingerprint density at radius 1 is 1.25 bits per heavy atom. The number of nitrogens with one attached hydrogen (secondary N) is 1. The lowest BCUT2D eigenvalue weighted by atomic mass is 9.88. The first kappa shape index (κ1) is 22.9. The number of methoxy groups -OCH3 is 1. The zero-order valence-electron chi connectivity index (χ0n) is 18.0. The number of carbonyl (C=O) groups excluding carboxylic acids is 2. The summed E-state index contributed by atoms with van der Waals surface area (Å²) in [6.45, 7) is 3.41. The topological polar surface area (TPSA) is 102 Å². The van der Waals surface area contributed by atoms with Crippen LogP contribution >= 0.6 is 11.3 Å². The number of amides is 1. The van der Waals surface area contributed by atoms with E-state index in [0.717, 1.165) is 29.7 Å². The fourth-order valence-corrected chi connectivity index (χ4v) is 6.91. The lowest BCUT2D eigenvalue weighted by Crippen LogP contribution is -2.40. The molecule has 4 rings (SSSR count). The van der Waals surface area contributed by atoms with Crippen LogP contribution in [-0.4, -0.2) is 58.0 Å². The standard InChI is InChI=1S/C22H26N2O6S2/c1-14-6-7-17-18(12-14)31-21(19(17)22(26)29-2)23-20(25)15-4-3-5-16(13-15)32(27,28)24-8-10-30-11-9-24/h3-5,13-14H,6-12H2,1-2H3,(H,23,25). The van der Waals surface area contributed by atoms with Crippen molar-refractivity contribution in [1.29, 1.82) is 0 Å². The number of carbonyl (C=O) groups is 2. The molecule has 2 aromatic rings. The zero-order valence-corrected chi connectivity index (χ0v) is 19.7. The van der Waals surface area contributed by atoms with Gasteiger partial charge in [-0.15, -0.1) is 11.3 Å². The third-order valence-electron chi connectivity index (χ3n) is 5.83. The van der Waals surface area contributed by atoms with Crippen molar-refractivity contribution in [3.05, 3.63) is 45.8 Å². The van der Waals surface area contributed by atoms with Crippen molar-refractivity contribution >= 4 is 38.2 Å². The average molecular weight is 479 g/mol. The molecule has 172 valence electrons. The monoisotopic (exact) mass is 478 g/mol. The molecule has 1 unspecified atom stereocenters. The third kappa shape index (κ3) is 4.45. The maximum atomic E-state index is 13.0. The number of esters is 1. The van der Waals surface area contributed by atoms with Crippen molar-refractivity contribution < 1.29 is 27.5 Å². The first-order chi connectivity index (χ1) is 15.3. The minimum absolute atomic E-state index is 0.0551. The number of nitrogens with zero attached hydrogens (tertiary/aromatic N) is 1. The number of sulfonamides is 1. The second kappa shape index (κ2) is 9.30. The predicted octanol–water partition coefficient (Wildman–Crippen LogP) is 2.93. The molecular formula is C22H26N2O6S2. The molecule has 1 aromatic heterocycles. The summed E-state index contributed by atoms with van der Waals surface area (Å²) in [6, 6.07) is 5.95. The van der Waals surface area contributed by atoms with Gasteiger partial charge in [0.1, 0.15) is 5.00 Å². The Bertz CT molecular complexity index is 1140. The molecule has 0 spiro atoms. The number of thiophene rings is 1. The summed E-state index contributed by atoms with van der Waals surface area (Å²) in [4.78, 5) is 26.6. The molecule has 1 atom stereocenters. The van der Waals surface area contributed by atoms with Crippen LogP contribution in [0.25, 0.3) is 0 Å². The van der Waals surface area contributed by atoms with E-state index in [1.165, 1.54) is 34.9 Å². The minimum Gasteiger partial charge on any atom is -0.465 e. The second-order valence-electron chi connectivity index (χ2n) is 8.05. The molecule has 0 radical (unpaired) electrons. The molecule has 1 fully saturated rings. The number of anilines is 1. The van der Waals surface area contributed by atoms with Crippen LogP contribution in [0.15, 0.2) is 29.2 Å². The van der Waals surface area contributed by atoms with E-state index in [1.54, 1.807) is 12.1 Å². The van der Waals surface area contributed by atoms with Crippen molar-refractivity contribution in [2.75, 3.05) is 38.7 Å². The molecule has 1 amide bonds. The highest BCUT2D eigenvalue weighted by atomic mass is 32.2. The Morgan fingerprint density at radius 3 is 2.72 bits per heavy atom. The van der Waals surface area contributed by atoms with E-state index in [4.69, 9.17) is 9.47 Å². The van der Waals surface area contributed by atoms with Crippen LogP contribution in [0.1, 0.15) is 44.5 Å². The van der Waals surface area contributed by atoms with Gasteiger partial charge in [0.25, 0.3) is 5.91 Å². The molecule has 2 aliphatic rings. The summed E-state index contributed by atoms with van der Waals surface area (Å²) in [7, 11) is -2.40. The fraction of sp³-hybridized carbons (Fsp3) is 0.455. The lowest BCUT2D eigenvalue weighted by Gasteiger charge is -2.26. The van der Waals surface area contributed by atoms with E-state index in [1.807, 2.05) is 0 Å². The quantitative estimate of drug-likeness (QED) is 0.663. The van der Waals surface area contributed by atoms with Crippen LogP contribution in [0, 0.1) is 5.92 Å². The summed E-state index contributed by atoms with van der Waals surface area (Å²) in [5.41, 5.74) is 1.55. The van der Waals surface area contributed by atoms with Gasteiger partial charge in [-0.05, 0) is 48.9 Å². The smallest absolute Gasteiger partial charge is 0.341 e. The maximum Gasteiger partial charge on any atom is 0.341 e. The highest BCUT2D eigenvalue weighted by Gasteiger charge is 2.30. The van der Waals surface area contributed by atoms with Crippen LogP contribution in [0.3, 0.4) is 0 Å². The van der Waals surface area contributed by atoms with Gasteiger partial charge in [0.15, 0.2) is 0 Å². The van der Waals surface area contributed by atoms with E-state index in [0.29, 0.717) is 29.7 Å². The van der Waals surface area contributed by atoms with E-state index >= 15 is 0 Å². The molecular weight excluding hydrogens is 452 g/mol. The van der Waals surface area contributed by atoms with Gasteiger partial charge < -0.3 is 14.8 Å². The van der Waals surface area contributed by atoms with Crippen molar-refractivity contribution in [2.24, 2.45) is 5.92 Å². The first-order valence-corrected chi connectivity index (χ1v) is 12.8. The molecule has 2 heterocycles. The molecule has 0 bridgehead atoms. The predicted molar refractivity (Wildman–Crippen MR) is 121 cm³/mol. The molecule has 1 aromatic carbocycles. The zero-order chi connectivity index (χ0) is 22.9. The Balaban J connectivity index is 1.61. The molecule has 1 N–H and O–H groups in total. The average Bonchev–Trinajstić information content (AvgIpc) is 3.15. The van der Waals surface area contributed by atoms with Gasteiger partial charge in [-0.25, -0.2) is 13.2 Å². The highest BCUT2D eigenvalue weighted by molar-refractivity contribution is 7.89. The summed E-state index contributed by atoms with van der Waals surface area (Å²) in [5, 5.41) is 3.27. The van der Waals surface area contributed by atoms with Crippen LogP contribution in [-0.2, 0) is 32.3 Å². The summed E-state index contributed by atoms with van der Waals surface area (Å²) in [5.74, 6) is -0.436.